The minimum atomic E-state index is -3.93. The maximum Gasteiger partial charge on any atom is 0.264 e. The number of rotatable bonds is 7. The van der Waals surface area contributed by atoms with E-state index >= 15 is 0 Å². The summed E-state index contributed by atoms with van der Waals surface area (Å²) in [6, 6.07) is 13.6. The van der Waals surface area contributed by atoms with Gasteiger partial charge in [-0.05, 0) is 61.9 Å². The van der Waals surface area contributed by atoms with Gasteiger partial charge in [0.1, 0.15) is 0 Å². The number of halogens is 1. The van der Waals surface area contributed by atoms with Crippen LogP contribution in [0.2, 0.25) is 5.02 Å². The molecule has 11 heteroatoms. The van der Waals surface area contributed by atoms with Gasteiger partial charge in [-0.3, -0.25) is 4.72 Å². The number of aromatic nitrogens is 2. The van der Waals surface area contributed by atoms with Crippen molar-refractivity contribution in [3.05, 3.63) is 76.6 Å². The fourth-order valence-electron chi connectivity index (χ4n) is 2.71. The van der Waals surface area contributed by atoms with Crippen LogP contribution in [0.3, 0.4) is 0 Å². The van der Waals surface area contributed by atoms with Gasteiger partial charge in [0.15, 0.2) is 0 Å². The van der Waals surface area contributed by atoms with Crippen LogP contribution in [0.1, 0.15) is 17.0 Å². The second-order valence-electron chi connectivity index (χ2n) is 6.60. The quantitative estimate of drug-likeness (QED) is 0.550. The summed E-state index contributed by atoms with van der Waals surface area (Å²) in [5.74, 6) is -0.294. The van der Waals surface area contributed by atoms with Crippen LogP contribution in [0, 0.1) is 13.8 Å². The molecule has 1 heterocycles. The topological polar surface area (TPSA) is 118 Å². The van der Waals surface area contributed by atoms with E-state index in [1.807, 2.05) is 0 Å². The molecular formula is C19H19ClN4O4S2. The summed E-state index contributed by atoms with van der Waals surface area (Å²) >= 11 is 5.88. The van der Waals surface area contributed by atoms with Crippen LogP contribution in [-0.2, 0) is 25.8 Å². The molecule has 30 heavy (non-hydrogen) atoms. The number of hydrogen-bond acceptors (Lipinski definition) is 6. The number of nitrogens with one attached hydrogen (secondary N) is 2. The minimum Gasteiger partial charge on any atom is -0.283 e. The van der Waals surface area contributed by atoms with Crippen molar-refractivity contribution in [3.63, 3.8) is 0 Å². The molecule has 1 aromatic heterocycles. The predicted octanol–water partition coefficient (Wildman–Crippen LogP) is 3.49. The summed E-state index contributed by atoms with van der Waals surface area (Å²) in [5.41, 5.74) is 2.03. The summed E-state index contributed by atoms with van der Waals surface area (Å²) in [5, 5.41) is 0.442. The van der Waals surface area contributed by atoms with Gasteiger partial charge in [0.25, 0.3) is 10.0 Å². The molecule has 0 aliphatic rings. The van der Waals surface area contributed by atoms with E-state index in [0.717, 1.165) is 0 Å². The van der Waals surface area contributed by atoms with E-state index in [4.69, 9.17) is 11.6 Å². The zero-order valence-corrected chi connectivity index (χ0v) is 18.5. The minimum absolute atomic E-state index is 0.0289. The smallest absolute Gasteiger partial charge is 0.264 e. The molecule has 0 aliphatic heterocycles. The Bertz CT molecular complexity index is 1260. The maximum atomic E-state index is 12.6. The van der Waals surface area contributed by atoms with Crippen LogP contribution in [0.25, 0.3) is 0 Å². The Hall–Kier alpha value is -2.69. The van der Waals surface area contributed by atoms with Crippen molar-refractivity contribution in [1.82, 2.24) is 9.97 Å². The fourth-order valence-corrected chi connectivity index (χ4v) is 5.06. The first-order valence-electron chi connectivity index (χ1n) is 8.72. The number of hydrogen-bond donors (Lipinski definition) is 2. The molecule has 0 unspecified atom stereocenters. The molecule has 0 spiro atoms. The summed E-state index contributed by atoms with van der Waals surface area (Å²) in [7, 11) is -7.63. The first kappa shape index (κ1) is 22.0. The van der Waals surface area contributed by atoms with Gasteiger partial charge in [0, 0.05) is 22.1 Å². The summed E-state index contributed by atoms with van der Waals surface area (Å²) in [4.78, 5) is 8.06. The lowest BCUT2D eigenvalue weighted by Gasteiger charge is -2.10. The Morgan fingerprint density at radius 3 is 2.10 bits per heavy atom. The van der Waals surface area contributed by atoms with Crippen molar-refractivity contribution in [1.29, 1.82) is 0 Å². The van der Waals surface area contributed by atoms with E-state index in [0.29, 0.717) is 22.0 Å². The molecule has 2 aromatic carbocycles. The Morgan fingerprint density at radius 1 is 0.867 bits per heavy atom. The average molecular weight is 467 g/mol. The molecule has 2 N–H and O–H groups in total. The van der Waals surface area contributed by atoms with Gasteiger partial charge >= 0.3 is 0 Å². The van der Waals surface area contributed by atoms with E-state index < -0.39 is 20.0 Å². The molecule has 3 rings (SSSR count). The predicted molar refractivity (Wildman–Crippen MR) is 116 cm³/mol. The largest absolute Gasteiger partial charge is 0.283 e. The van der Waals surface area contributed by atoms with Crippen LogP contribution in [0.5, 0.6) is 0 Å². The normalized spacial score (nSPS) is 11.8. The van der Waals surface area contributed by atoms with Crippen molar-refractivity contribution < 1.29 is 16.8 Å². The molecule has 0 atom stereocenters. The van der Waals surface area contributed by atoms with Gasteiger partial charge in [-0.1, -0.05) is 23.7 Å². The van der Waals surface area contributed by atoms with E-state index in [2.05, 4.69) is 19.4 Å². The zero-order valence-electron chi connectivity index (χ0n) is 16.1. The van der Waals surface area contributed by atoms with E-state index in [1.165, 1.54) is 24.3 Å². The SMILES string of the molecule is Cc1cc(C)nc(NS(=O)(=O)c2ccc(NS(=O)(=O)Cc3cccc(Cl)c3)cc2)n1. The van der Waals surface area contributed by atoms with Crippen molar-refractivity contribution in [3.8, 4) is 0 Å². The van der Waals surface area contributed by atoms with Gasteiger partial charge in [0.05, 0.1) is 10.6 Å². The van der Waals surface area contributed by atoms with Crippen LogP contribution < -0.4 is 9.44 Å². The Morgan fingerprint density at radius 2 is 1.50 bits per heavy atom. The first-order valence-corrected chi connectivity index (χ1v) is 12.2. The van der Waals surface area contributed by atoms with Gasteiger partial charge in [-0.2, -0.15) is 0 Å². The highest BCUT2D eigenvalue weighted by Gasteiger charge is 2.17. The van der Waals surface area contributed by atoms with Gasteiger partial charge in [0.2, 0.25) is 16.0 Å². The number of aryl methyl sites for hydroxylation is 2. The Balaban J connectivity index is 1.73. The standard InChI is InChI=1S/C19H19ClN4O4S2/c1-13-10-14(2)22-19(21-13)24-30(27,28)18-8-6-17(7-9-18)23-29(25,26)12-15-4-3-5-16(20)11-15/h3-11,23H,12H2,1-2H3,(H,21,22,24). The third-order valence-corrected chi connectivity index (χ3v) is 6.73. The van der Waals surface area contributed by atoms with Gasteiger partial charge < -0.3 is 0 Å². The third kappa shape index (κ3) is 5.91. The number of sulfonamides is 2. The number of nitrogens with zero attached hydrogens (tertiary/aromatic N) is 2. The second-order valence-corrected chi connectivity index (χ2v) is 10.4. The number of benzene rings is 2. The molecule has 0 saturated carbocycles. The summed E-state index contributed by atoms with van der Waals surface area (Å²) in [6.45, 7) is 3.47. The lowest BCUT2D eigenvalue weighted by atomic mass is 10.2. The second kappa shape index (κ2) is 8.58. The van der Waals surface area contributed by atoms with Crippen LogP contribution >= 0.6 is 11.6 Å². The Labute approximate surface area is 180 Å². The molecule has 0 radical (unpaired) electrons. The zero-order chi connectivity index (χ0) is 21.9. The average Bonchev–Trinajstić information content (AvgIpc) is 2.60. The third-order valence-electron chi connectivity index (χ3n) is 3.89. The summed E-state index contributed by atoms with van der Waals surface area (Å²) < 4.78 is 54.6. The monoisotopic (exact) mass is 466 g/mol. The molecular weight excluding hydrogens is 448 g/mol. The van der Waals surface area contributed by atoms with E-state index in [-0.39, 0.29) is 22.3 Å². The molecule has 158 valence electrons. The molecule has 0 aliphatic carbocycles. The van der Waals surface area contributed by atoms with Crippen molar-refractivity contribution >= 4 is 43.3 Å². The van der Waals surface area contributed by atoms with Crippen molar-refractivity contribution in [2.45, 2.75) is 24.5 Å². The van der Waals surface area contributed by atoms with Gasteiger partial charge in [-0.25, -0.2) is 31.5 Å². The highest BCUT2D eigenvalue weighted by Crippen LogP contribution is 2.19. The maximum absolute atomic E-state index is 12.6. The summed E-state index contributed by atoms with van der Waals surface area (Å²) in [6.07, 6.45) is 0. The molecule has 8 nitrogen and oxygen atoms in total. The van der Waals surface area contributed by atoms with Gasteiger partial charge in [-0.15, -0.1) is 0 Å². The number of anilines is 2. The molecule has 0 saturated heterocycles. The van der Waals surface area contributed by atoms with E-state index in [1.54, 1.807) is 44.2 Å². The van der Waals surface area contributed by atoms with Crippen LogP contribution in [0.4, 0.5) is 11.6 Å². The molecule has 3 aromatic rings. The van der Waals surface area contributed by atoms with Crippen LogP contribution in [0.15, 0.2) is 59.5 Å². The Kier molecular flexibility index (Phi) is 6.30. The van der Waals surface area contributed by atoms with Crippen LogP contribution in [-0.4, -0.2) is 26.8 Å². The molecule has 0 fully saturated rings. The lowest BCUT2D eigenvalue weighted by Crippen LogP contribution is -2.17. The van der Waals surface area contributed by atoms with Crippen molar-refractivity contribution in [2.75, 3.05) is 9.44 Å². The molecule has 0 bridgehead atoms. The van der Waals surface area contributed by atoms with Crippen molar-refractivity contribution in [2.24, 2.45) is 0 Å². The fraction of sp³-hybridized carbons (Fsp3) is 0.158. The highest BCUT2D eigenvalue weighted by molar-refractivity contribution is 7.92. The van der Waals surface area contributed by atoms with E-state index in [9.17, 15) is 16.8 Å². The highest BCUT2D eigenvalue weighted by atomic mass is 35.5. The first-order chi connectivity index (χ1) is 14.0. The molecule has 0 amide bonds. The lowest BCUT2D eigenvalue weighted by molar-refractivity contribution is 0.599.